The number of hydrogen-bond acceptors (Lipinski definition) is 1. The summed E-state index contributed by atoms with van der Waals surface area (Å²) in [5, 5.41) is 8.63. The lowest BCUT2D eigenvalue weighted by Gasteiger charge is -1.96. The highest BCUT2D eigenvalue weighted by Crippen LogP contribution is 2.05. The van der Waals surface area contributed by atoms with E-state index in [1.807, 2.05) is 6.07 Å². The molecule has 1 aromatic rings. The number of aromatic hydroxyl groups is 1. The van der Waals surface area contributed by atoms with Crippen molar-refractivity contribution >= 4 is 0 Å². The van der Waals surface area contributed by atoms with Gasteiger partial charge < -0.3 is 5.11 Å². The van der Waals surface area contributed by atoms with Crippen molar-refractivity contribution < 1.29 is 5.11 Å². The predicted octanol–water partition coefficient (Wildman–Crippen LogP) is 5.15. The average Bonchev–Trinajstić information content (AvgIpc) is 2.31. The summed E-state index contributed by atoms with van der Waals surface area (Å²) in [7, 11) is 0. The fraction of sp³-hybridized carbons (Fsp3) is 0.600. The monoisotopic (exact) mass is 222 g/mol. The maximum absolute atomic E-state index is 8.63. The van der Waals surface area contributed by atoms with Crippen LogP contribution in [0.15, 0.2) is 30.3 Å². The number of rotatable bonds is 6. The van der Waals surface area contributed by atoms with E-state index in [4.69, 9.17) is 5.11 Å². The fourth-order valence-electron chi connectivity index (χ4n) is 1.46. The molecule has 0 aliphatic heterocycles. The summed E-state index contributed by atoms with van der Waals surface area (Å²) in [6, 6.07) is 8.71. The Morgan fingerprint density at radius 2 is 1.19 bits per heavy atom. The van der Waals surface area contributed by atoms with Gasteiger partial charge in [-0.3, -0.25) is 0 Å². The van der Waals surface area contributed by atoms with Crippen molar-refractivity contribution in [2.75, 3.05) is 0 Å². The third-order valence-electron chi connectivity index (χ3n) is 2.46. The van der Waals surface area contributed by atoms with Crippen LogP contribution >= 0.6 is 0 Å². The van der Waals surface area contributed by atoms with E-state index in [0.29, 0.717) is 5.75 Å². The van der Waals surface area contributed by atoms with Crippen LogP contribution in [0.1, 0.15) is 58.8 Å². The van der Waals surface area contributed by atoms with Gasteiger partial charge in [0, 0.05) is 0 Å². The van der Waals surface area contributed by atoms with Crippen molar-refractivity contribution in [3.63, 3.8) is 0 Å². The summed E-state index contributed by atoms with van der Waals surface area (Å²) in [4.78, 5) is 0. The Morgan fingerprint density at radius 1 is 0.750 bits per heavy atom. The van der Waals surface area contributed by atoms with E-state index in [0.717, 1.165) is 0 Å². The molecule has 0 aliphatic carbocycles. The minimum atomic E-state index is 0.322. The summed E-state index contributed by atoms with van der Waals surface area (Å²) >= 11 is 0. The summed E-state index contributed by atoms with van der Waals surface area (Å²) < 4.78 is 0. The van der Waals surface area contributed by atoms with Gasteiger partial charge in [0.15, 0.2) is 0 Å². The molecule has 0 amide bonds. The molecule has 0 atom stereocenters. The molecule has 1 rings (SSSR count). The fourth-order valence-corrected chi connectivity index (χ4v) is 1.46. The highest BCUT2D eigenvalue weighted by Gasteiger charge is 1.85. The molecule has 0 saturated carbocycles. The summed E-state index contributed by atoms with van der Waals surface area (Å²) in [6.07, 6.45) is 9.97. The van der Waals surface area contributed by atoms with Crippen molar-refractivity contribution in [1.82, 2.24) is 0 Å². The lowest BCUT2D eigenvalue weighted by Crippen LogP contribution is -1.76. The SMILES string of the molecule is CCCCCCCCC.Oc1ccccc1. The molecule has 1 heteroatoms. The van der Waals surface area contributed by atoms with Crippen LogP contribution in [-0.4, -0.2) is 5.11 Å². The first-order valence-corrected chi connectivity index (χ1v) is 6.55. The maximum atomic E-state index is 8.63. The lowest BCUT2D eigenvalue weighted by molar-refractivity contribution is 0.475. The molecular formula is C15H26O. The number of phenols is 1. The molecule has 0 radical (unpaired) electrons. The molecule has 92 valence electrons. The molecular weight excluding hydrogens is 196 g/mol. The number of phenolic OH excluding ortho intramolecular Hbond substituents is 1. The highest BCUT2D eigenvalue weighted by molar-refractivity contribution is 5.18. The van der Waals surface area contributed by atoms with Gasteiger partial charge in [-0.25, -0.2) is 0 Å². The van der Waals surface area contributed by atoms with Gasteiger partial charge in [0.25, 0.3) is 0 Å². The second-order valence-electron chi connectivity index (χ2n) is 4.10. The molecule has 0 spiro atoms. The molecule has 0 saturated heterocycles. The zero-order valence-corrected chi connectivity index (χ0v) is 10.8. The summed E-state index contributed by atoms with van der Waals surface area (Å²) in [6.45, 7) is 4.53. The van der Waals surface area contributed by atoms with Crippen LogP contribution in [0.4, 0.5) is 0 Å². The summed E-state index contributed by atoms with van der Waals surface area (Å²) in [5.41, 5.74) is 0. The first-order valence-electron chi connectivity index (χ1n) is 6.55. The third-order valence-corrected chi connectivity index (χ3v) is 2.46. The minimum Gasteiger partial charge on any atom is -0.508 e. The quantitative estimate of drug-likeness (QED) is 0.660. The minimum absolute atomic E-state index is 0.322. The molecule has 0 heterocycles. The predicted molar refractivity (Wildman–Crippen MR) is 71.8 cm³/mol. The van der Waals surface area contributed by atoms with Crippen molar-refractivity contribution in [3.8, 4) is 5.75 Å². The summed E-state index contributed by atoms with van der Waals surface area (Å²) in [5.74, 6) is 0.322. The van der Waals surface area contributed by atoms with E-state index in [1.165, 1.54) is 44.9 Å². The number of benzene rings is 1. The zero-order chi connectivity index (χ0) is 12.1. The number of para-hydroxylation sites is 1. The number of hydrogen-bond donors (Lipinski definition) is 1. The molecule has 0 bridgehead atoms. The molecule has 0 unspecified atom stereocenters. The smallest absolute Gasteiger partial charge is 0.115 e. The highest BCUT2D eigenvalue weighted by atomic mass is 16.3. The van der Waals surface area contributed by atoms with Gasteiger partial charge in [0.1, 0.15) is 5.75 Å². The second kappa shape index (κ2) is 12.1. The Hall–Kier alpha value is -0.980. The molecule has 16 heavy (non-hydrogen) atoms. The van der Waals surface area contributed by atoms with E-state index in [-0.39, 0.29) is 0 Å². The van der Waals surface area contributed by atoms with Crippen LogP contribution in [-0.2, 0) is 0 Å². The third kappa shape index (κ3) is 11.1. The average molecular weight is 222 g/mol. The van der Waals surface area contributed by atoms with E-state index in [1.54, 1.807) is 24.3 Å². The van der Waals surface area contributed by atoms with Crippen LogP contribution in [0.2, 0.25) is 0 Å². The van der Waals surface area contributed by atoms with Crippen molar-refractivity contribution in [1.29, 1.82) is 0 Å². The normalized spacial score (nSPS) is 9.38. The van der Waals surface area contributed by atoms with Gasteiger partial charge >= 0.3 is 0 Å². The Balaban J connectivity index is 0.000000288. The second-order valence-corrected chi connectivity index (χ2v) is 4.10. The van der Waals surface area contributed by atoms with Gasteiger partial charge in [0.05, 0.1) is 0 Å². The van der Waals surface area contributed by atoms with Gasteiger partial charge in [-0.1, -0.05) is 77.0 Å². The number of unbranched alkanes of at least 4 members (excludes halogenated alkanes) is 6. The van der Waals surface area contributed by atoms with E-state index < -0.39 is 0 Å². The van der Waals surface area contributed by atoms with Crippen LogP contribution in [0.3, 0.4) is 0 Å². The van der Waals surface area contributed by atoms with Crippen molar-refractivity contribution in [2.45, 2.75) is 58.8 Å². The van der Waals surface area contributed by atoms with Crippen LogP contribution in [0.25, 0.3) is 0 Å². The molecule has 1 nitrogen and oxygen atoms in total. The van der Waals surface area contributed by atoms with E-state index in [9.17, 15) is 0 Å². The van der Waals surface area contributed by atoms with Gasteiger partial charge in [-0.05, 0) is 12.1 Å². The topological polar surface area (TPSA) is 20.2 Å². The Kier molecular flexibility index (Phi) is 11.4. The largest absolute Gasteiger partial charge is 0.508 e. The Morgan fingerprint density at radius 3 is 1.50 bits per heavy atom. The van der Waals surface area contributed by atoms with E-state index >= 15 is 0 Å². The van der Waals surface area contributed by atoms with Crippen LogP contribution in [0.5, 0.6) is 5.75 Å². The molecule has 1 aromatic carbocycles. The van der Waals surface area contributed by atoms with Gasteiger partial charge in [-0.15, -0.1) is 0 Å². The van der Waals surface area contributed by atoms with Crippen molar-refractivity contribution in [2.24, 2.45) is 0 Å². The maximum Gasteiger partial charge on any atom is 0.115 e. The molecule has 0 fully saturated rings. The molecule has 0 aliphatic rings. The van der Waals surface area contributed by atoms with E-state index in [2.05, 4.69) is 13.8 Å². The molecule has 0 aromatic heterocycles. The molecule has 1 N–H and O–H groups in total. The Labute approximate surface area is 101 Å². The first-order chi connectivity index (χ1) is 7.81. The van der Waals surface area contributed by atoms with Crippen LogP contribution < -0.4 is 0 Å². The van der Waals surface area contributed by atoms with Gasteiger partial charge in [-0.2, -0.15) is 0 Å². The zero-order valence-electron chi connectivity index (χ0n) is 10.8. The first kappa shape index (κ1) is 15.0. The lowest BCUT2D eigenvalue weighted by atomic mass is 10.1. The Bertz CT molecular complexity index is 212. The van der Waals surface area contributed by atoms with Crippen molar-refractivity contribution in [3.05, 3.63) is 30.3 Å². The standard InChI is InChI=1S/C9H20.C6H6O/c1-3-5-7-9-8-6-4-2;7-6-4-2-1-3-5-6/h3-9H2,1-2H3;1-5,7H. The van der Waals surface area contributed by atoms with Gasteiger partial charge in [0.2, 0.25) is 0 Å². The van der Waals surface area contributed by atoms with Crippen LogP contribution in [0, 0.1) is 0 Å².